The van der Waals surface area contributed by atoms with E-state index in [9.17, 15) is 9.59 Å². The number of hydrogen-bond acceptors (Lipinski definition) is 3. The Hall–Kier alpha value is -1.88. The first-order valence-corrected chi connectivity index (χ1v) is 7.01. The van der Waals surface area contributed by atoms with Gasteiger partial charge in [0.2, 0.25) is 11.8 Å². The monoisotopic (exact) mass is 275 g/mol. The summed E-state index contributed by atoms with van der Waals surface area (Å²) in [6.07, 6.45) is 3.84. The molecule has 1 saturated carbocycles. The van der Waals surface area contributed by atoms with Gasteiger partial charge in [-0.15, -0.1) is 0 Å². The standard InChI is InChI=1S/C15H21N3O2/c16-9-10-1-3-12(4-2-10)15(20)18-13-7-5-11(6-8-13)14(17)19/h5-8,10,12H,1-4,9,16H2,(H2,17,19)(H,18,20)/t10-,12-. The summed E-state index contributed by atoms with van der Waals surface area (Å²) in [5, 5.41) is 2.89. The van der Waals surface area contributed by atoms with Crippen molar-refractivity contribution < 1.29 is 9.59 Å². The Morgan fingerprint density at radius 3 is 2.20 bits per heavy atom. The molecule has 5 heteroatoms. The third-order valence-electron chi connectivity index (χ3n) is 3.99. The number of amides is 2. The largest absolute Gasteiger partial charge is 0.366 e. The first kappa shape index (κ1) is 14.5. The minimum atomic E-state index is -0.469. The summed E-state index contributed by atoms with van der Waals surface area (Å²) in [4.78, 5) is 23.1. The first-order valence-electron chi connectivity index (χ1n) is 7.01. The van der Waals surface area contributed by atoms with E-state index in [1.165, 1.54) is 0 Å². The van der Waals surface area contributed by atoms with Crippen LogP contribution in [0, 0.1) is 11.8 Å². The van der Waals surface area contributed by atoms with Gasteiger partial charge in [0.1, 0.15) is 0 Å². The molecule has 5 N–H and O–H groups in total. The molecule has 1 aromatic carbocycles. The number of rotatable bonds is 4. The van der Waals surface area contributed by atoms with Gasteiger partial charge in [-0.05, 0) is 62.4 Å². The number of carbonyl (C=O) groups excluding carboxylic acids is 2. The minimum absolute atomic E-state index is 0.0484. The molecular formula is C15H21N3O2. The predicted molar refractivity (Wildman–Crippen MR) is 78.1 cm³/mol. The highest BCUT2D eigenvalue weighted by atomic mass is 16.2. The van der Waals surface area contributed by atoms with Crippen molar-refractivity contribution in [1.82, 2.24) is 0 Å². The lowest BCUT2D eigenvalue weighted by atomic mass is 9.81. The highest BCUT2D eigenvalue weighted by molar-refractivity contribution is 5.95. The molecular weight excluding hydrogens is 254 g/mol. The zero-order valence-electron chi connectivity index (χ0n) is 11.5. The molecule has 1 aromatic rings. The molecule has 1 aliphatic carbocycles. The Morgan fingerprint density at radius 2 is 1.70 bits per heavy atom. The van der Waals surface area contributed by atoms with Gasteiger partial charge in [0.05, 0.1) is 0 Å². The Labute approximate surface area is 118 Å². The SMILES string of the molecule is NC[C@H]1CC[C@H](C(=O)Nc2ccc(C(N)=O)cc2)CC1. The van der Waals surface area contributed by atoms with Crippen LogP contribution >= 0.6 is 0 Å². The van der Waals surface area contributed by atoms with Crippen LogP contribution in [-0.2, 0) is 4.79 Å². The van der Waals surface area contributed by atoms with Crippen molar-refractivity contribution in [1.29, 1.82) is 0 Å². The van der Waals surface area contributed by atoms with Crippen LogP contribution in [0.15, 0.2) is 24.3 Å². The predicted octanol–water partition coefficient (Wildman–Crippen LogP) is 1.49. The fourth-order valence-corrected chi connectivity index (χ4v) is 2.62. The van der Waals surface area contributed by atoms with Crippen LogP contribution in [0.5, 0.6) is 0 Å². The van der Waals surface area contributed by atoms with Crippen molar-refractivity contribution in [2.24, 2.45) is 23.3 Å². The first-order chi connectivity index (χ1) is 9.60. The van der Waals surface area contributed by atoms with Gasteiger partial charge in [-0.1, -0.05) is 0 Å². The molecule has 0 aliphatic heterocycles. The molecule has 0 heterocycles. The van der Waals surface area contributed by atoms with Crippen LogP contribution in [-0.4, -0.2) is 18.4 Å². The quantitative estimate of drug-likeness (QED) is 0.776. The summed E-state index contributed by atoms with van der Waals surface area (Å²) >= 11 is 0. The van der Waals surface area contributed by atoms with Crippen molar-refractivity contribution >= 4 is 17.5 Å². The van der Waals surface area contributed by atoms with Gasteiger partial charge in [0.25, 0.3) is 0 Å². The van der Waals surface area contributed by atoms with E-state index in [0.717, 1.165) is 25.7 Å². The van der Waals surface area contributed by atoms with Gasteiger partial charge in [0, 0.05) is 17.2 Å². The lowest BCUT2D eigenvalue weighted by Crippen LogP contribution is -2.29. The van der Waals surface area contributed by atoms with Gasteiger partial charge in [-0.25, -0.2) is 0 Å². The van der Waals surface area contributed by atoms with E-state index in [4.69, 9.17) is 11.5 Å². The molecule has 0 bridgehead atoms. The summed E-state index contributed by atoms with van der Waals surface area (Å²) in [6.45, 7) is 0.711. The van der Waals surface area contributed by atoms with E-state index in [1.807, 2.05) is 0 Å². The van der Waals surface area contributed by atoms with E-state index in [2.05, 4.69) is 5.32 Å². The number of primary amides is 1. The maximum atomic E-state index is 12.1. The Bertz CT molecular complexity index is 476. The molecule has 0 aromatic heterocycles. The van der Waals surface area contributed by atoms with Crippen LogP contribution in [0.1, 0.15) is 36.0 Å². The van der Waals surface area contributed by atoms with E-state index in [0.29, 0.717) is 23.7 Å². The molecule has 1 fully saturated rings. The molecule has 0 radical (unpaired) electrons. The highest BCUT2D eigenvalue weighted by Gasteiger charge is 2.25. The lowest BCUT2D eigenvalue weighted by molar-refractivity contribution is -0.121. The van der Waals surface area contributed by atoms with Gasteiger partial charge in [-0.3, -0.25) is 9.59 Å². The molecule has 0 unspecified atom stereocenters. The van der Waals surface area contributed by atoms with Gasteiger partial charge >= 0.3 is 0 Å². The maximum Gasteiger partial charge on any atom is 0.248 e. The van der Waals surface area contributed by atoms with E-state index in [1.54, 1.807) is 24.3 Å². The van der Waals surface area contributed by atoms with E-state index < -0.39 is 5.91 Å². The Kier molecular flexibility index (Phi) is 4.74. The second-order valence-electron chi connectivity index (χ2n) is 5.38. The molecule has 0 atom stereocenters. The fourth-order valence-electron chi connectivity index (χ4n) is 2.62. The number of benzene rings is 1. The topological polar surface area (TPSA) is 98.2 Å². The maximum absolute atomic E-state index is 12.1. The van der Waals surface area contributed by atoms with E-state index >= 15 is 0 Å². The molecule has 2 amide bonds. The van der Waals surface area contributed by atoms with Gasteiger partial charge in [0.15, 0.2) is 0 Å². The normalized spacial score (nSPS) is 22.2. The van der Waals surface area contributed by atoms with Crippen molar-refractivity contribution in [3.8, 4) is 0 Å². The average molecular weight is 275 g/mol. The summed E-state index contributed by atoms with van der Waals surface area (Å²) in [5.41, 5.74) is 12.0. The average Bonchev–Trinajstić information content (AvgIpc) is 2.48. The van der Waals surface area contributed by atoms with Gasteiger partial charge in [-0.2, -0.15) is 0 Å². The number of hydrogen-bond donors (Lipinski definition) is 3. The summed E-state index contributed by atoms with van der Waals surface area (Å²) < 4.78 is 0. The number of carbonyl (C=O) groups is 2. The number of nitrogens with one attached hydrogen (secondary N) is 1. The van der Waals surface area contributed by atoms with Crippen LogP contribution in [0.2, 0.25) is 0 Å². The van der Waals surface area contributed by atoms with Crippen molar-refractivity contribution in [2.75, 3.05) is 11.9 Å². The Balaban J connectivity index is 1.90. The second kappa shape index (κ2) is 6.52. The fraction of sp³-hybridized carbons (Fsp3) is 0.467. The number of nitrogens with two attached hydrogens (primary N) is 2. The zero-order valence-corrected chi connectivity index (χ0v) is 11.5. The smallest absolute Gasteiger partial charge is 0.248 e. The minimum Gasteiger partial charge on any atom is -0.366 e. The van der Waals surface area contributed by atoms with Crippen molar-refractivity contribution in [3.05, 3.63) is 29.8 Å². The summed E-state index contributed by atoms with van der Waals surface area (Å²) in [7, 11) is 0. The number of anilines is 1. The molecule has 20 heavy (non-hydrogen) atoms. The molecule has 1 aliphatic rings. The summed E-state index contributed by atoms with van der Waals surface area (Å²) in [5.74, 6) is 0.206. The molecule has 5 nitrogen and oxygen atoms in total. The third-order valence-corrected chi connectivity index (χ3v) is 3.99. The van der Waals surface area contributed by atoms with E-state index in [-0.39, 0.29) is 11.8 Å². The molecule has 108 valence electrons. The molecule has 2 rings (SSSR count). The van der Waals surface area contributed by atoms with Crippen LogP contribution in [0.3, 0.4) is 0 Å². The molecule has 0 spiro atoms. The van der Waals surface area contributed by atoms with Crippen molar-refractivity contribution in [3.63, 3.8) is 0 Å². The summed E-state index contributed by atoms with van der Waals surface area (Å²) in [6, 6.07) is 6.62. The van der Waals surface area contributed by atoms with Crippen LogP contribution in [0.4, 0.5) is 5.69 Å². The lowest BCUT2D eigenvalue weighted by Gasteiger charge is -2.26. The van der Waals surface area contributed by atoms with Crippen LogP contribution in [0.25, 0.3) is 0 Å². The third kappa shape index (κ3) is 3.57. The highest BCUT2D eigenvalue weighted by Crippen LogP contribution is 2.29. The van der Waals surface area contributed by atoms with Gasteiger partial charge < -0.3 is 16.8 Å². The Morgan fingerprint density at radius 1 is 1.10 bits per heavy atom. The molecule has 0 saturated heterocycles. The van der Waals surface area contributed by atoms with Crippen molar-refractivity contribution in [2.45, 2.75) is 25.7 Å². The second-order valence-corrected chi connectivity index (χ2v) is 5.38. The van der Waals surface area contributed by atoms with Crippen LogP contribution < -0.4 is 16.8 Å². The zero-order chi connectivity index (χ0) is 14.5.